The highest BCUT2D eigenvalue weighted by Gasteiger charge is 2.67. The Kier molecular flexibility index (Phi) is 8.76. The van der Waals surface area contributed by atoms with Crippen LogP contribution in [0.3, 0.4) is 0 Å². The SMILES string of the molecule is CC(=O)c1nn2c3c(cc(-c4cnc(C)nc4)cc13)CCCCCCC(=O)NC[C@@]13C[C@@H](C(=O)Nc4cc(F)cc(Br)n4)N(C(=O)C2)[C@@H]1C3. The fraction of sp³-hybridized carbons (Fsp3) is 0.429. The number of nitrogens with zero attached hydrogens (tertiary/aromatic N) is 6. The predicted octanol–water partition coefficient (Wildman–Crippen LogP) is 4.92. The number of hydrogen-bond donors (Lipinski definition) is 2. The lowest BCUT2D eigenvalue weighted by molar-refractivity contribution is -0.138. The third-order valence-electron chi connectivity index (χ3n) is 9.91. The number of pyridine rings is 1. The molecule has 7 rings (SSSR count). The van der Waals surface area contributed by atoms with Crippen molar-refractivity contribution in [3.8, 4) is 11.1 Å². The van der Waals surface area contributed by atoms with Crippen molar-refractivity contribution in [1.82, 2.24) is 34.9 Å². The first kappa shape index (κ1) is 32.9. The summed E-state index contributed by atoms with van der Waals surface area (Å²) in [6, 6.07) is 5.09. The molecule has 2 fully saturated rings. The molecule has 14 heteroatoms. The maximum Gasteiger partial charge on any atom is 0.248 e. The molecule has 0 unspecified atom stereocenters. The van der Waals surface area contributed by atoms with Crippen LogP contribution in [0, 0.1) is 18.2 Å². The average molecular weight is 732 g/mol. The third kappa shape index (κ3) is 6.57. The summed E-state index contributed by atoms with van der Waals surface area (Å²) >= 11 is 3.16. The second-order valence-corrected chi connectivity index (χ2v) is 14.2. The molecule has 1 saturated carbocycles. The van der Waals surface area contributed by atoms with Crippen LogP contribution in [0.1, 0.15) is 73.7 Å². The number of aromatic nitrogens is 5. The fourth-order valence-corrected chi connectivity index (χ4v) is 7.82. The first-order valence-electron chi connectivity index (χ1n) is 16.6. The third-order valence-corrected chi connectivity index (χ3v) is 10.3. The average Bonchev–Trinajstić information content (AvgIpc) is 3.46. The molecular weight excluding hydrogens is 695 g/mol. The van der Waals surface area contributed by atoms with Crippen molar-refractivity contribution in [2.24, 2.45) is 5.41 Å². The number of piperidine rings is 1. The normalized spacial score (nSPS) is 22.7. The molecule has 0 radical (unpaired) electrons. The van der Waals surface area contributed by atoms with Crippen molar-refractivity contribution in [3.63, 3.8) is 0 Å². The molecule has 2 aliphatic heterocycles. The topological polar surface area (TPSA) is 152 Å². The number of rotatable bonds is 4. The Bertz CT molecular complexity index is 1980. The van der Waals surface area contributed by atoms with Gasteiger partial charge in [-0.15, -0.1) is 0 Å². The number of nitrogens with one attached hydrogen (secondary N) is 2. The number of Topliss-reactive ketones (excluding diaryl/α,β-unsaturated/α-hetero) is 1. The summed E-state index contributed by atoms with van der Waals surface area (Å²) in [5, 5.41) is 11.1. The Balaban J connectivity index is 1.28. The molecule has 2 N–H and O–H groups in total. The number of carbonyl (C=O) groups is 4. The predicted molar refractivity (Wildman–Crippen MR) is 182 cm³/mol. The molecule has 3 atom stereocenters. The number of halogens is 2. The smallest absolute Gasteiger partial charge is 0.248 e. The fourth-order valence-electron chi connectivity index (χ4n) is 7.41. The Hall–Kier alpha value is -4.59. The van der Waals surface area contributed by atoms with Crippen LogP contribution >= 0.6 is 15.9 Å². The number of ketones is 1. The molecule has 4 aromatic rings. The minimum Gasteiger partial charge on any atom is -0.355 e. The summed E-state index contributed by atoms with van der Waals surface area (Å²) in [4.78, 5) is 68.3. The molecule has 5 heterocycles. The van der Waals surface area contributed by atoms with Crippen molar-refractivity contribution in [3.05, 3.63) is 64.2 Å². The molecule has 1 aliphatic carbocycles. The first-order valence-corrected chi connectivity index (χ1v) is 17.4. The summed E-state index contributed by atoms with van der Waals surface area (Å²) < 4.78 is 15.9. The quantitative estimate of drug-likeness (QED) is 0.222. The van der Waals surface area contributed by atoms with Gasteiger partial charge in [0.15, 0.2) is 5.78 Å². The van der Waals surface area contributed by atoms with Gasteiger partial charge < -0.3 is 15.5 Å². The molecule has 1 saturated heterocycles. The highest BCUT2D eigenvalue weighted by Crippen LogP contribution is 2.59. The number of hydrogen-bond acceptors (Lipinski definition) is 8. The maximum atomic E-state index is 14.4. The van der Waals surface area contributed by atoms with Crippen molar-refractivity contribution < 1.29 is 23.6 Å². The van der Waals surface area contributed by atoms with E-state index < -0.39 is 23.2 Å². The number of benzene rings is 1. The molecule has 2 bridgehead atoms. The van der Waals surface area contributed by atoms with Gasteiger partial charge in [0.2, 0.25) is 17.7 Å². The maximum absolute atomic E-state index is 14.4. The lowest BCUT2D eigenvalue weighted by atomic mass is 9.96. The second-order valence-electron chi connectivity index (χ2n) is 13.4. The Morgan fingerprint density at radius 3 is 2.51 bits per heavy atom. The number of aryl methyl sites for hydroxylation is 2. The molecule has 3 aliphatic rings. The largest absolute Gasteiger partial charge is 0.355 e. The van der Waals surface area contributed by atoms with Crippen LogP contribution in [0.5, 0.6) is 0 Å². The van der Waals surface area contributed by atoms with Crippen molar-refractivity contribution in [1.29, 1.82) is 0 Å². The van der Waals surface area contributed by atoms with Crippen LogP contribution in [0.2, 0.25) is 0 Å². The molecule has 1 aromatic carbocycles. The summed E-state index contributed by atoms with van der Waals surface area (Å²) in [6.07, 6.45) is 8.90. The van der Waals surface area contributed by atoms with E-state index in [1.54, 1.807) is 22.0 Å². The molecule has 0 spiro atoms. The van der Waals surface area contributed by atoms with Gasteiger partial charge in [0.05, 0.1) is 5.52 Å². The van der Waals surface area contributed by atoms with Gasteiger partial charge in [-0.1, -0.05) is 12.8 Å². The molecule has 3 aromatic heterocycles. The van der Waals surface area contributed by atoms with Crippen LogP contribution in [0.4, 0.5) is 10.2 Å². The molecule has 254 valence electrons. The van der Waals surface area contributed by atoms with E-state index in [2.05, 4.69) is 41.5 Å². The molecule has 12 nitrogen and oxygen atoms in total. The number of carbonyl (C=O) groups excluding carboxylic acids is 4. The molecule has 3 amide bonds. The van der Waals surface area contributed by atoms with E-state index in [9.17, 15) is 23.6 Å². The van der Waals surface area contributed by atoms with Gasteiger partial charge in [0.25, 0.3) is 0 Å². The Labute approximate surface area is 290 Å². The van der Waals surface area contributed by atoms with Crippen LogP contribution in [0.15, 0.2) is 41.3 Å². The highest BCUT2D eigenvalue weighted by atomic mass is 79.9. The van der Waals surface area contributed by atoms with E-state index in [0.29, 0.717) is 49.0 Å². The van der Waals surface area contributed by atoms with Crippen molar-refractivity contribution in [2.45, 2.75) is 83.8 Å². The van der Waals surface area contributed by atoms with E-state index in [0.717, 1.165) is 48.4 Å². The van der Waals surface area contributed by atoms with Crippen molar-refractivity contribution in [2.75, 3.05) is 11.9 Å². The van der Waals surface area contributed by atoms with Gasteiger partial charge >= 0.3 is 0 Å². The number of amides is 3. The lowest BCUT2D eigenvalue weighted by Gasteiger charge is -2.27. The van der Waals surface area contributed by atoms with E-state index in [1.807, 2.05) is 19.1 Å². The Morgan fingerprint density at radius 1 is 1.02 bits per heavy atom. The zero-order chi connectivity index (χ0) is 34.4. The summed E-state index contributed by atoms with van der Waals surface area (Å²) in [5.41, 5.74) is 3.08. The summed E-state index contributed by atoms with van der Waals surface area (Å²) in [7, 11) is 0. The van der Waals surface area contributed by atoms with E-state index in [-0.39, 0.29) is 46.3 Å². The zero-order valence-electron chi connectivity index (χ0n) is 27.3. The summed E-state index contributed by atoms with van der Waals surface area (Å²) in [6.45, 7) is 3.43. The van der Waals surface area contributed by atoms with Gasteiger partial charge in [-0.2, -0.15) is 5.10 Å². The Morgan fingerprint density at radius 2 is 1.78 bits per heavy atom. The summed E-state index contributed by atoms with van der Waals surface area (Å²) in [5.74, 6) is -1.02. The standard InChI is InChI=1S/C35H36BrFN8O4/c1-19(46)32-25-10-22(23-15-38-20(2)39-16-23)9-21-7-5-3-4-6-8-30(47)40-18-35-13-26(34(49)42-29-12-24(37)11-28(36)41-29)45(27(35)14-35)31(48)17-44(43-32)33(21)25/h9-12,15-16,26-27H,3-8,13-14,17-18H2,1-2H3,(H,40,47)(H,41,42,49)/t26-,27+,35-/m0/s1. The first-order chi connectivity index (χ1) is 23.5. The zero-order valence-corrected chi connectivity index (χ0v) is 28.8. The van der Waals surface area contributed by atoms with Crippen LogP contribution in [0.25, 0.3) is 22.0 Å². The van der Waals surface area contributed by atoms with E-state index in [1.165, 1.54) is 13.0 Å². The van der Waals surface area contributed by atoms with Crippen LogP contribution in [-0.2, 0) is 27.3 Å². The van der Waals surface area contributed by atoms with E-state index >= 15 is 0 Å². The van der Waals surface area contributed by atoms with Gasteiger partial charge in [-0.3, -0.25) is 23.9 Å². The van der Waals surface area contributed by atoms with Gasteiger partial charge in [-0.25, -0.2) is 19.3 Å². The van der Waals surface area contributed by atoms with Crippen LogP contribution < -0.4 is 10.6 Å². The van der Waals surface area contributed by atoms with Crippen molar-refractivity contribution >= 4 is 56.2 Å². The van der Waals surface area contributed by atoms with Gasteiger partial charge in [0.1, 0.15) is 40.3 Å². The highest BCUT2D eigenvalue weighted by molar-refractivity contribution is 9.10. The monoisotopic (exact) mass is 730 g/mol. The minimum absolute atomic E-state index is 0.0187. The van der Waals surface area contributed by atoms with Crippen LogP contribution in [-0.4, -0.2) is 71.8 Å². The molecular formula is C35H36BrFN8O4. The molecule has 49 heavy (non-hydrogen) atoms. The minimum atomic E-state index is -0.882. The lowest BCUT2D eigenvalue weighted by Crippen LogP contribution is -2.46. The van der Waals surface area contributed by atoms with Gasteiger partial charge in [-0.05, 0) is 78.2 Å². The number of anilines is 1. The van der Waals surface area contributed by atoms with E-state index in [4.69, 9.17) is 5.10 Å². The second kappa shape index (κ2) is 13.0. The van der Waals surface area contributed by atoms with Gasteiger partial charge in [0, 0.05) is 66.8 Å².